The maximum atomic E-state index is 10.4. The summed E-state index contributed by atoms with van der Waals surface area (Å²) in [6, 6.07) is 0.209. The fourth-order valence-corrected chi connectivity index (χ4v) is 3.06. The van der Waals surface area contributed by atoms with E-state index in [1.54, 1.807) is 0 Å². The van der Waals surface area contributed by atoms with Gasteiger partial charge in [-0.05, 0) is 13.5 Å². The molecule has 0 aliphatic carbocycles. The first-order valence-electron chi connectivity index (χ1n) is 5.99. The number of aromatic nitrogens is 2. The van der Waals surface area contributed by atoms with Crippen LogP contribution in [-0.4, -0.2) is 51.2 Å². The number of carboxylic acids is 1. The van der Waals surface area contributed by atoms with Gasteiger partial charge in [0, 0.05) is 30.9 Å². The number of nitrogens with zero attached hydrogens (tertiary/aromatic N) is 3. The van der Waals surface area contributed by atoms with E-state index in [4.69, 9.17) is 9.63 Å². The Hall–Kier alpha value is -1.08. The standard InChI is InChI=1S/C11H17N3O3S/c1-14-5-6-18-7-8(14)11-12-9(17-13-11)3-2-4-10(15)16/h8H,2-7H2,1H3,(H,15,16). The molecule has 1 atom stereocenters. The number of rotatable bonds is 5. The fourth-order valence-electron chi connectivity index (χ4n) is 1.85. The van der Waals surface area contributed by atoms with Gasteiger partial charge in [0.15, 0.2) is 5.82 Å². The highest BCUT2D eigenvalue weighted by Gasteiger charge is 2.25. The highest BCUT2D eigenvalue weighted by molar-refractivity contribution is 7.99. The van der Waals surface area contributed by atoms with Crippen LogP contribution in [0.3, 0.4) is 0 Å². The second-order valence-corrected chi connectivity index (χ2v) is 5.51. The van der Waals surface area contributed by atoms with Gasteiger partial charge in [-0.3, -0.25) is 9.69 Å². The van der Waals surface area contributed by atoms with Gasteiger partial charge in [0.1, 0.15) is 0 Å². The van der Waals surface area contributed by atoms with Crippen molar-refractivity contribution in [2.24, 2.45) is 0 Å². The molecule has 0 saturated carbocycles. The highest BCUT2D eigenvalue weighted by atomic mass is 32.2. The van der Waals surface area contributed by atoms with E-state index in [2.05, 4.69) is 22.1 Å². The van der Waals surface area contributed by atoms with Crippen LogP contribution in [0.15, 0.2) is 4.52 Å². The number of aryl methyl sites for hydroxylation is 1. The molecule has 100 valence electrons. The van der Waals surface area contributed by atoms with E-state index < -0.39 is 5.97 Å². The summed E-state index contributed by atoms with van der Waals surface area (Å²) in [5.41, 5.74) is 0. The lowest BCUT2D eigenvalue weighted by molar-refractivity contribution is -0.137. The summed E-state index contributed by atoms with van der Waals surface area (Å²) in [5.74, 6) is 2.57. The molecule has 2 rings (SSSR count). The minimum atomic E-state index is -0.793. The number of aliphatic carboxylic acids is 1. The second kappa shape index (κ2) is 6.19. The van der Waals surface area contributed by atoms with Crippen molar-refractivity contribution in [1.82, 2.24) is 15.0 Å². The van der Waals surface area contributed by atoms with Gasteiger partial charge in [-0.1, -0.05) is 5.16 Å². The average Bonchev–Trinajstić information content (AvgIpc) is 2.78. The van der Waals surface area contributed by atoms with Crippen LogP contribution in [0.5, 0.6) is 0 Å². The molecular formula is C11H17N3O3S. The van der Waals surface area contributed by atoms with E-state index in [9.17, 15) is 4.79 Å². The summed E-state index contributed by atoms with van der Waals surface area (Å²) >= 11 is 1.89. The van der Waals surface area contributed by atoms with E-state index in [-0.39, 0.29) is 12.5 Å². The van der Waals surface area contributed by atoms with Crippen LogP contribution in [0, 0.1) is 0 Å². The average molecular weight is 271 g/mol. The van der Waals surface area contributed by atoms with Crippen molar-refractivity contribution in [3.8, 4) is 0 Å². The first-order chi connectivity index (χ1) is 8.66. The highest BCUT2D eigenvalue weighted by Crippen LogP contribution is 2.26. The molecular weight excluding hydrogens is 254 g/mol. The summed E-state index contributed by atoms with van der Waals surface area (Å²) in [5, 5.41) is 12.6. The number of hydrogen-bond acceptors (Lipinski definition) is 6. The third-order valence-corrected chi connectivity index (χ3v) is 3.98. The normalized spacial score (nSPS) is 21.1. The predicted molar refractivity (Wildman–Crippen MR) is 67.6 cm³/mol. The summed E-state index contributed by atoms with van der Waals surface area (Å²) in [6.45, 7) is 1.03. The Morgan fingerprint density at radius 1 is 1.67 bits per heavy atom. The summed E-state index contributed by atoms with van der Waals surface area (Å²) in [7, 11) is 2.06. The second-order valence-electron chi connectivity index (χ2n) is 4.36. The van der Waals surface area contributed by atoms with Gasteiger partial charge in [-0.15, -0.1) is 0 Å². The molecule has 7 heteroatoms. The lowest BCUT2D eigenvalue weighted by Gasteiger charge is -2.29. The van der Waals surface area contributed by atoms with Crippen LogP contribution in [-0.2, 0) is 11.2 Å². The molecule has 0 amide bonds. The molecule has 1 aromatic heterocycles. The maximum Gasteiger partial charge on any atom is 0.303 e. The van der Waals surface area contributed by atoms with Crippen LogP contribution >= 0.6 is 11.8 Å². The van der Waals surface area contributed by atoms with Crippen LogP contribution in [0.1, 0.15) is 30.6 Å². The first-order valence-corrected chi connectivity index (χ1v) is 7.14. The van der Waals surface area contributed by atoms with Crippen molar-refractivity contribution >= 4 is 17.7 Å². The van der Waals surface area contributed by atoms with Crippen molar-refractivity contribution in [3.63, 3.8) is 0 Å². The Balaban J connectivity index is 1.90. The minimum Gasteiger partial charge on any atom is -0.481 e. The zero-order valence-electron chi connectivity index (χ0n) is 10.3. The number of thioether (sulfide) groups is 1. The van der Waals surface area contributed by atoms with E-state index in [0.29, 0.717) is 18.7 Å². The fraction of sp³-hybridized carbons (Fsp3) is 0.727. The molecule has 1 aromatic rings. The van der Waals surface area contributed by atoms with Gasteiger partial charge in [0.05, 0.1) is 6.04 Å². The van der Waals surface area contributed by atoms with Crippen molar-refractivity contribution in [3.05, 3.63) is 11.7 Å². The van der Waals surface area contributed by atoms with Crippen LogP contribution in [0.2, 0.25) is 0 Å². The van der Waals surface area contributed by atoms with Crippen molar-refractivity contribution < 1.29 is 14.4 Å². The largest absolute Gasteiger partial charge is 0.481 e. The summed E-state index contributed by atoms with van der Waals surface area (Å²) < 4.78 is 5.16. The van der Waals surface area contributed by atoms with Gasteiger partial charge in [-0.2, -0.15) is 16.7 Å². The van der Waals surface area contributed by atoms with E-state index in [1.807, 2.05) is 11.8 Å². The molecule has 1 aliphatic rings. The zero-order valence-corrected chi connectivity index (χ0v) is 11.2. The molecule has 6 nitrogen and oxygen atoms in total. The Kier molecular flexibility index (Phi) is 4.60. The van der Waals surface area contributed by atoms with Crippen molar-refractivity contribution in [2.75, 3.05) is 25.1 Å². The number of hydrogen-bond donors (Lipinski definition) is 1. The van der Waals surface area contributed by atoms with Gasteiger partial charge >= 0.3 is 5.97 Å². The summed E-state index contributed by atoms with van der Waals surface area (Å²) in [6.07, 6.45) is 1.20. The van der Waals surface area contributed by atoms with Crippen LogP contribution in [0.4, 0.5) is 0 Å². The molecule has 1 fully saturated rings. The molecule has 1 aliphatic heterocycles. The molecule has 18 heavy (non-hydrogen) atoms. The Labute approximate surface area is 110 Å². The van der Waals surface area contributed by atoms with Gasteiger partial charge in [-0.25, -0.2) is 0 Å². The predicted octanol–water partition coefficient (Wildman–Crippen LogP) is 1.20. The Morgan fingerprint density at radius 2 is 2.50 bits per heavy atom. The lowest BCUT2D eigenvalue weighted by atomic mass is 10.2. The van der Waals surface area contributed by atoms with Crippen molar-refractivity contribution in [2.45, 2.75) is 25.3 Å². The molecule has 0 aromatic carbocycles. The lowest BCUT2D eigenvalue weighted by Crippen LogP contribution is -2.33. The molecule has 0 radical (unpaired) electrons. The van der Waals surface area contributed by atoms with Crippen LogP contribution in [0.25, 0.3) is 0 Å². The molecule has 0 bridgehead atoms. The molecule has 1 saturated heterocycles. The Bertz CT molecular complexity index is 410. The SMILES string of the molecule is CN1CCSCC1c1noc(CCCC(=O)O)n1. The van der Waals surface area contributed by atoms with E-state index in [1.165, 1.54) is 0 Å². The van der Waals surface area contributed by atoms with Gasteiger partial charge in [0.25, 0.3) is 0 Å². The topological polar surface area (TPSA) is 79.5 Å². The molecule has 0 spiro atoms. The van der Waals surface area contributed by atoms with Gasteiger partial charge in [0.2, 0.25) is 5.89 Å². The molecule has 1 unspecified atom stereocenters. The summed E-state index contributed by atoms with van der Waals surface area (Å²) in [4.78, 5) is 17.0. The number of carboxylic acid groups (broad SMARTS) is 1. The maximum absolute atomic E-state index is 10.4. The third-order valence-electron chi connectivity index (χ3n) is 2.96. The third kappa shape index (κ3) is 3.46. The van der Waals surface area contributed by atoms with E-state index in [0.717, 1.165) is 23.9 Å². The minimum absolute atomic E-state index is 0.136. The van der Waals surface area contributed by atoms with Crippen molar-refractivity contribution in [1.29, 1.82) is 0 Å². The first kappa shape index (κ1) is 13.4. The smallest absolute Gasteiger partial charge is 0.303 e. The number of carbonyl (C=O) groups is 1. The van der Waals surface area contributed by atoms with Crippen LogP contribution < -0.4 is 0 Å². The van der Waals surface area contributed by atoms with E-state index >= 15 is 0 Å². The zero-order chi connectivity index (χ0) is 13.0. The molecule has 1 N–H and O–H groups in total. The molecule has 2 heterocycles. The monoisotopic (exact) mass is 271 g/mol. The van der Waals surface area contributed by atoms with Gasteiger partial charge < -0.3 is 9.63 Å². The Morgan fingerprint density at radius 3 is 3.22 bits per heavy atom. The quantitative estimate of drug-likeness (QED) is 0.861.